The van der Waals surface area contributed by atoms with Crippen molar-refractivity contribution in [3.05, 3.63) is 85.2 Å². The molecule has 0 radical (unpaired) electrons. The first-order valence-electron chi connectivity index (χ1n) is 8.39. The Kier molecular flexibility index (Phi) is 6.34. The van der Waals surface area contributed by atoms with Crippen molar-refractivity contribution in [2.45, 2.75) is 0 Å². The van der Waals surface area contributed by atoms with Crippen molar-refractivity contribution in [2.24, 2.45) is 0 Å². The number of hydrazine groups is 1. The number of hydrogen-bond donors (Lipinski definition) is 3. The quantitative estimate of drug-likeness (QED) is 0.348. The third-order valence-corrected chi connectivity index (χ3v) is 4.21. The average molecular weight is 466 g/mol. The van der Waals surface area contributed by atoms with Gasteiger partial charge < -0.3 is 5.32 Å². The number of nitro groups is 2. The molecule has 2 aromatic carbocycles. The van der Waals surface area contributed by atoms with Gasteiger partial charge in [0.15, 0.2) is 0 Å². The summed E-state index contributed by atoms with van der Waals surface area (Å²) >= 11 is 5.69. The van der Waals surface area contributed by atoms with Gasteiger partial charge in [-0.25, -0.2) is 18.7 Å². The zero-order valence-electron chi connectivity index (χ0n) is 15.5. The van der Waals surface area contributed by atoms with Crippen molar-refractivity contribution in [1.29, 1.82) is 0 Å². The third kappa shape index (κ3) is 4.81. The summed E-state index contributed by atoms with van der Waals surface area (Å²) in [6, 6.07) is 5.77. The second-order valence-electron chi connectivity index (χ2n) is 5.93. The van der Waals surface area contributed by atoms with Crippen LogP contribution >= 0.6 is 11.6 Å². The van der Waals surface area contributed by atoms with Crippen LogP contribution in [0.2, 0.25) is 5.02 Å². The Balaban J connectivity index is 1.85. The molecule has 0 spiro atoms. The van der Waals surface area contributed by atoms with Crippen LogP contribution in [0.3, 0.4) is 0 Å². The normalized spacial score (nSPS) is 10.3. The SMILES string of the molecule is O=C(NNc1ncnc(Nc2ccc(F)cc2F)c1[N+](=O)[O-])c1ccc(Cl)c([N+](=O)[O-])c1. The third-order valence-electron chi connectivity index (χ3n) is 3.89. The summed E-state index contributed by atoms with van der Waals surface area (Å²) < 4.78 is 27.0. The van der Waals surface area contributed by atoms with Crippen molar-refractivity contribution in [1.82, 2.24) is 15.4 Å². The van der Waals surface area contributed by atoms with E-state index < -0.39 is 50.4 Å². The molecule has 164 valence electrons. The van der Waals surface area contributed by atoms with Crippen LogP contribution in [-0.2, 0) is 0 Å². The minimum Gasteiger partial charge on any atom is -0.332 e. The minimum absolute atomic E-state index is 0.169. The van der Waals surface area contributed by atoms with Crippen molar-refractivity contribution in [2.75, 3.05) is 10.7 Å². The number of benzene rings is 2. The minimum atomic E-state index is -1.02. The molecule has 3 rings (SSSR count). The van der Waals surface area contributed by atoms with E-state index >= 15 is 0 Å². The standard InChI is InChI=1S/C17H10ClF2N7O5/c18-10-3-1-8(5-13(10)26(29)30)17(28)25-24-16-14(27(31)32)15(21-7-22-16)23-12-4-2-9(19)6-11(12)20/h1-7H,(H,25,28)(H2,21,22,23,24). The number of rotatable bonds is 7. The average Bonchev–Trinajstić information content (AvgIpc) is 2.74. The van der Waals surface area contributed by atoms with Gasteiger partial charge >= 0.3 is 5.69 Å². The highest BCUT2D eigenvalue weighted by Gasteiger charge is 2.25. The van der Waals surface area contributed by atoms with Gasteiger partial charge in [-0.1, -0.05) is 11.6 Å². The Morgan fingerprint density at radius 1 is 1.00 bits per heavy atom. The molecule has 0 atom stereocenters. The van der Waals surface area contributed by atoms with Crippen LogP contribution in [-0.4, -0.2) is 25.7 Å². The summed E-state index contributed by atoms with van der Waals surface area (Å²) in [5.41, 5.74) is 2.58. The van der Waals surface area contributed by atoms with Gasteiger partial charge in [-0.15, -0.1) is 0 Å². The maximum absolute atomic E-state index is 13.9. The summed E-state index contributed by atoms with van der Waals surface area (Å²) in [4.78, 5) is 40.4. The molecule has 0 aliphatic carbocycles. The first-order valence-corrected chi connectivity index (χ1v) is 8.77. The molecule has 0 saturated heterocycles. The smallest absolute Gasteiger partial charge is 0.332 e. The second kappa shape index (κ2) is 9.13. The lowest BCUT2D eigenvalue weighted by Gasteiger charge is -2.11. The fraction of sp³-hybridized carbons (Fsp3) is 0. The van der Waals surface area contributed by atoms with Crippen LogP contribution < -0.4 is 16.2 Å². The molecule has 0 aliphatic heterocycles. The monoisotopic (exact) mass is 465 g/mol. The molecule has 1 amide bonds. The van der Waals surface area contributed by atoms with Crippen LogP contribution in [0.4, 0.5) is 37.5 Å². The number of nitrogens with one attached hydrogen (secondary N) is 3. The number of nitro benzene ring substituents is 1. The zero-order valence-corrected chi connectivity index (χ0v) is 16.3. The molecule has 0 fully saturated rings. The number of carbonyl (C=O) groups is 1. The number of nitrogens with zero attached hydrogens (tertiary/aromatic N) is 4. The fourth-order valence-corrected chi connectivity index (χ4v) is 2.62. The summed E-state index contributed by atoms with van der Waals surface area (Å²) in [7, 11) is 0. The van der Waals surface area contributed by atoms with E-state index in [-0.39, 0.29) is 16.3 Å². The summed E-state index contributed by atoms with van der Waals surface area (Å²) in [5, 5.41) is 24.7. The van der Waals surface area contributed by atoms with Crippen molar-refractivity contribution in [3.63, 3.8) is 0 Å². The van der Waals surface area contributed by atoms with Crippen molar-refractivity contribution < 1.29 is 23.4 Å². The van der Waals surface area contributed by atoms with Crippen LogP contribution in [0.1, 0.15) is 10.4 Å². The van der Waals surface area contributed by atoms with E-state index in [1.807, 2.05) is 0 Å². The number of halogens is 3. The molecule has 32 heavy (non-hydrogen) atoms. The summed E-state index contributed by atoms with van der Waals surface area (Å²) in [6.45, 7) is 0. The van der Waals surface area contributed by atoms with E-state index in [0.29, 0.717) is 6.07 Å². The predicted octanol–water partition coefficient (Wildman–Crippen LogP) is 3.73. The second-order valence-corrected chi connectivity index (χ2v) is 6.34. The van der Waals surface area contributed by atoms with Gasteiger partial charge in [-0.2, -0.15) is 0 Å². The topological polar surface area (TPSA) is 165 Å². The van der Waals surface area contributed by atoms with Crippen molar-refractivity contribution >= 4 is 46.2 Å². The Morgan fingerprint density at radius 3 is 2.38 bits per heavy atom. The van der Waals surface area contributed by atoms with Gasteiger partial charge in [0.05, 0.1) is 15.5 Å². The lowest BCUT2D eigenvalue weighted by atomic mass is 10.2. The molecular formula is C17H10ClF2N7O5. The predicted molar refractivity (Wildman–Crippen MR) is 108 cm³/mol. The highest BCUT2D eigenvalue weighted by molar-refractivity contribution is 6.32. The fourth-order valence-electron chi connectivity index (χ4n) is 2.44. The molecule has 1 heterocycles. The maximum atomic E-state index is 13.9. The Labute approximate surface area is 181 Å². The number of aromatic nitrogens is 2. The number of anilines is 3. The molecule has 0 unspecified atom stereocenters. The number of hydrogen-bond acceptors (Lipinski definition) is 9. The van der Waals surface area contributed by atoms with Crippen LogP contribution in [0.5, 0.6) is 0 Å². The number of carbonyl (C=O) groups excluding carboxylic acids is 1. The van der Waals surface area contributed by atoms with E-state index in [1.54, 1.807) is 0 Å². The van der Waals surface area contributed by atoms with Gasteiger partial charge in [0.1, 0.15) is 23.0 Å². The molecule has 15 heteroatoms. The molecule has 3 aromatic rings. The van der Waals surface area contributed by atoms with Crippen LogP contribution in [0, 0.1) is 31.9 Å². The van der Waals surface area contributed by atoms with E-state index in [0.717, 1.165) is 30.6 Å². The summed E-state index contributed by atoms with van der Waals surface area (Å²) in [6.07, 6.45) is 0.887. The molecular weight excluding hydrogens is 456 g/mol. The van der Waals surface area contributed by atoms with E-state index in [9.17, 15) is 33.8 Å². The molecule has 0 aliphatic rings. The van der Waals surface area contributed by atoms with Crippen LogP contribution in [0.15, 0.2) is 42.7 Å². The highest BCUT2D eigenvalue weighted by atomic mass is 35.5. The number of amides is 1. The van der Waals surface area contributed by atoms with E-state index in [1.165, 1.54) is 6.07 Å². The largest absolute Gasteiger partial charge is 0.355 e. The first kappa shape index (κ1) is 22.2. The van der Waals surface area contributed by atoms with Gasteiger partial charge in [0.2, 0.25) is 11.6 Å². The lowest BCUT2D eigenvalue weighted by molar-refractivity contribution is -0.384. The Morgan fingerprint density at radius 2 is 1.72 bits per heavy atom. The molecule has 1 aromatic heterocycles. The van der Waals surface area contributed by atoms with Gasteiger partial charge in [0.25, 0.3) is 11.6 Å². The Hall–Kier alpha value is -4.46. The molecule has 12 nitrogen and oxygen atoms in total. The lowest BCUT2D eigenvalue weighted by Crippen LogP contribution is -2.30. The zero-order chi connectivity index (χ0) is 23.4. The molecule has 3 N–H and O–H groups in total. The Bertz CT molecular complexity index is 1240. The van der Waals surface area contributed by atoms with Crippen molar-refractivity contribution in [3.8, 4) is 0 Å². The van der Waals surface area contributed by atoms with E-state index in [4.69, 9.17) is 11.6 Å². The van der Waals surface area contributed by atoms with E-state index in [2.05, 4.69) is 26.1 Å². The maximum Gasteiger partial charge on any atom is 0.355 e. The van der Waals surface area contributed by atoms with Crippen LogP contribution in [0.25, 0.3) is 0 Å². The molecule has 0 bridgehead atoms. The highest BCUT2D eigenvalue weighted by Crippen LogP contribution is 2.31. The molecule has 0 saturated carbocycles. The summed E-state index contributed by atoms with van der Waals surface area (Å²) in [5.74, 6) is -3.69. The van der Waals surface area contributed by atoms with Gasteiger partial charge in [0, 0.05) is 17.7 Å². The first-order chi connectivity index (χ1) is 15.2. The van der Waals surface area contributed by atoms with Gasteiger partial charge in [-0.3, -0.25) is 35.9 Å². The van der Waals surface area contributed by atoms with Gasteiger partial charge in [-0.05, 0) is 24.3 Å².